The zero-order valence-electron chi connectivity index (χ0n) is 9.88. The van der Waals surface area contributed by atoms with Crippen LogP contribution in [0.25, 0.3) is 10.8 Å². The summed E-state index contributed by atoms with van der Waals surface area (Å²) < 4.78 is 5.43. The molecule has 2 aromatic carbocycles. The fourth-order valence-electron chi connectivity index (χ4n) is 2.29. The Bertz CT molecular complexity index is 673. The number of nitrogens with two attached hydrogens (primary N) is 1. The van der Waals surface area contributed by atoms with E-state index in [1.165, 1.54) is 0 Å². The molecule has 0 saturated heterocycles. The molecule has 4 nitrogen and oxygen atoms in total. The Morgan fingerprint density at radius 2 is 1.89 bits per heavy atom. The molecule has 1 aliphatic rings. The molecule has 0 spiro atoms. The third-order valence-corrected chi connectivity index (χ3v) is 3.23. The Morgan fingerprint density at radius 1 is 1.17 bits per heavy atom. The van der Waals surface area contributed by atoms with Gasteiger partial charge in [-0.1, -0.05) is 42.5 Å². The Morgan fingerprint density at radius 3 is 2.61 bits per heavy atom. The molecule has 0 aliphatic carbocycles. The van der Waals surface area contributed by atoms with E-state index in [0.29, 0.717) is 0 Å². The molecule has 90 valence electrons. The monoisotopic (exact) mass is 240 g/mol. The van der Waals surface area contributed by atoms with E-state index in [1.54, 1.807) is 6.92 Å². The van der Waals surface area contributed by atoms with Gasteiger partial charge in [0, 0.05) is 5.56 Å². The van der Waals surface area contributed by atoms with Crippen molar-refractivity contribution in [3.05, 3.63) is 48.0 Å². The van der Waals surface area contributed by atoms with Crippen LogP contribution in [-0.4, -0.2) is 11.9 Å². The van der Waals surface area contributed by atoms with Crippen LogP contribution in [0.5, 0.6) is 0 Å². The van der Waals surface area contributed by atoms with E-state index in [0.717, 1.165) is 16.3 Å². The van der Waals surface area contributed by atoms with Crippen molar-refractivity contribution in [1.82, 2.24) is 0 Å². The molecule has 0 bridgehead atoms. The minimum absolute atomic E-state index is 0.0737. The molecule has 1 aliphatic heterocycles. The second kappa shape index (κ2) is 3.57. The summed E-state index contributed by atoms with van der Waals surface area (Å²) in [5.41, 5.74) is 5.16. The molecule has 0 saturated carbocycles. The van der Waals surface area contributed by atoms with E-state index in [4.69, 9.17) is 10.5 Å². The second-order valence-electron chi connectivity index (χ2n) is 4.42. The Hall–Kier alpha value is -2.36. The number of benzene rings is 2. The summed E-state index contributed by atoms with van der Waals surface area (Å²) in [5.74, 6) is -0.364. The maximum atomic E-state index is 12.0. The molecule has 1 heterocycles. The van der Waals surface area contributed by atoms with Crippen LogP contribution in [0.15, 0.2) is 47.5 Å². The van der Waals surface area contributed by atoms with Gasteiger partial charge in [-0.2, -0.15) is 4.99 Å². The normalized spacial score (nSPS) is 22.9. The van der Waals surface area contributed by atoms with Crippen LogP contribution in [0.4, 0.5) is 0 Å². The number of rotatable bonds is 1. The molecule has 3 rings (SSSR count). The molecule has 0 aromatic heterocycles. The van der Waals surface area contributed by atoms with Crippen LogP contribution in [0, 0.1) is 0 Å². The van der Waals surface area contributed by atoms with E-state index >= 15 is 0 Å². The first-order valence-corrected chi connectivity index (χ1v) is 5.67. The zero-order valence-corrected chi connectivity index (χ0v) is 9.88. The highest BCUT2D eigenvalue weighted by Gasteiger charge is 2.44. The number of carbonyl (C=O) groups is 1. The standard InChI is InChI=1S/C14H12N2O2/c1-14(12(17)16-13(15)18-14)11-8-4-6-9-5-2-3-7-10(9)11/h2-8H,1H3,(H2,15,16,17). The molecular weight excluding hydrogens is 228 g/mol. The van der Waals surface area contributed by atoms with Crippen LogP contribution >= 0.6 is 0 Å². The average Bonchev–Trinajstić information content (AvgIpc) is 2.63. The van der Waals surface area contributed by atoms with Gasteiger partial charge in [-0.25, -0.2) is 0 Å². The van der Waals surface area contributed by atoms with Crippen LogP contribution in [0.1, 0.15) is 12.5 Å². The van der Waals surface area contributed by atoms with Crippen LogP contribution in [0.3, 0.4) is 0 Å². The molecule has 1 unspecified atom stereocenters. The largest absolute Gasteiger partial charge is 0.444 e. The average molecular weight is 240 g/mol. The summed E-state index contributed by atoms with van der Waals surface area (Å²) in [6.45, 7) is 1.69. The molecule has 0 radical (unpaired) electrons. The number of aliphatic imine (C=N–C) groups is 1. The lowest BCUT2D eigenvalue weighted by Crippen LogP contribution is -2.32. The van der Waals surface area contributed by atoms with E-state index < -0.39 is 5.60 Å². The van der Waals surface area contributed by atoms with Crippen molar-refractivity contribution >= 4 is 22.7 Å². The predicted molar refractivity (Wildman–Crippen MR) is 69.0 cm³/mol. The molecule has 2 N–H and O–H groups in total. The summed E-state index contributed by atoms with van der Waals surface area (Å²) in [7, 11) is 0. The van der Waals surface area contributed by atoms with Gasteiger partial charge >= 0.3 is 0 Å². The van der Waals surface area contributed by atoms with Gasteiger partial charge in [-0.15, -0.1) is 0 Å². The topological polar surface area (TPSA) is 64.7 Å². The lowest BCUT2D eigenvalue weighted by atomic mass is 9.90. The molecule has 1 amide bonds. The van der Waals surface area contributed by atoms with Crippen molar-refractivity contribution < 1.29 is 9.53 Å². The quantitative estimate of drug-likeness (QED) is 0.828. The van der Waals surface area contributed by atoms with Gasteiger partial charge in [-0.3, -0.25) is 4.79 Å². The highest BCUT2D eigenvalue weighted by atomic mass is 16.5. The molecule has 18 heavy (non-hydrogen) atoms. The summed E-state index contributed by atoms with van der Waals surface area (Å²) in [6, 6.07) is 13.5. The maximum absolute atomic E-state index is 12.0. The van der Waals surface area contributed by atoms with Crippen LogP contribution in [-0.2, 0) is 15.1 Å². The number of amidine groups is 1. The zero-order chi connectivity index (χ0) is 12.8. The SMILES string of the molecule is CC1(c2cccc3ccccc23)OC(N)=NC1=O. The Kier molecular flexibility index (Phi) is 2.13. The van der Waals surface area contributed by atoms with Crippen molar-refractivity contribution in [2.75, 3.05) is 0 Å². The van der Waals surface area contributed by atoms with Gasteiger partial charge in [0.1, 0.15) is 0 Å². The van der Waals surface area contributed by atoms with E-state index in [1.807, 2.05) is 42.5 Å². The first-order chi connectivity index (χ1) is 8.61. The smallest absolute Gasteiger partial charge is 0.298 e. The van der Waals surface area contributed by atoms with Crippen LogP contribution < -0.4 is 5.73 Å². The maximum Gasteiger partial charge on any atom is 0.298 e. The molecule has 0 fully saturated rings. The number of amides is 1. The van der Waals surface area contributed by atoms with Crippen molar-refractivity contribution in [3.8, 4) is 0 Å². The Labute approximate surface area is 104 Å². The summed E-state index contributed by atoms with van der Waals surface area (Å²) >= 11 is 0. The second-order valence-corrected chi connectivity index (χ2v) is 4.42. The number of ether oxygens (including phenoxy) is 1. The third-order valence-electron chi connectivity index (χ3n) is 3.23. The number of hydrogen-bond acceptors (Lipinski definition) is 3. The lowest BCUT2D eigenvalue weighted by molar-refractivity contribution is -0.130. The Balaban J connectivity index is 2.25. The predicted octanol–water partition coefficient (Wildman–Crippen LogP) is 1.93. The molecule has 4 heteroatoms. The highest BCUT2D eigenvalue weighted by Crippen LogP contribution is 2.35. The highest BCUT2D eigenvalue weighted by molar-refractivity contribution is 6.03. The minimum Gasteiger partial charge on any atom is -0.444 e. The van der Waals surface area contributed by atoms with Gasteiger partial charge in [-0.05, 0) is 17.7 Å². The van der Waals surface area contributed by atoms with Crippen molar-refractivity contribution in [3.63, 3.8) is 0 Å². The van der Waals surface area contributed by atoms with Crippen LogP contribution in [0.2, 0.25) is 0 Å². The van der Waals surface area contributed by atoms with Crippen molar-refractivity contribution in [2.24, 2.45) is 10.7 Å². The summed E-state index contributed by atoms with van der Waals surface area (Å²) in [6.07, 6.45) is 0. The molecule has 2 aromatic rings. The summed E-state index contributed by atoms with van der Waals surface area (Å²) in [5, 5.41) is 2.03. The van der Waals surface area contributed by atoms with Crippen molar-refractivity contribution in [2.45, 2.75) is 12.5 Å². The van der Waals surface area contributed by atoms with Gasteiger partial charge in [0.2, 0.25) is 5.60 Å². The molecule has 1 atom stereocenters. The van der Waals surface area contributed by atoms with Gasteiger partial charge in [0.05, 0.1) is 0 Å². The minimum atomic E-state index is -1.12. The van der Waals surface area contributed by atoms with E-state index in [2.05, 4.69) is 4.99 Å². The number of nitrogens with zero attached hydrogens (tertiary/aromatic N) is 1. The first kappa shape index (κ1) is 10.8. The van der Waals surface area contributed by atoms with Crippen molar-refractivity contribution in [1.29, 1.82) is 0 Å². The number of hydrogen-bond donors (Lipinski definition) is 1. The summed E-state index contributed by atoms with van der Waals surface area (Å²) in [4.78, 5) is 15.6. The number of carbonyl (C=O) groups excluding carboxylic acids is 1. The van der Waals surface area contributed by atoms with E-state index in [9.17, 15) is 4.79 Å². The van der Waals surface area contributed by atoms with E-state index in [-0.39, 0.29) is 11.9 Å². The first-order valence-electron chi connectivity index (χ1n) is 5.67. The lowest BCUT2D eigenvalue weighted by Gasteiger charge is -2.23. The fraction of sp³-hybridized carbons (Fsp3) is 0.143. The third kappa shape index (κ3) is 1.39. The molecular formula is C14H12N2O2. The fourth-order valence-corrected chi connectivity index (χ4v) is 2.29. The van der Waals surface area contributed by atoms with Gasteiger partial charge in [0.25, 0.3) is 11.9 Å². The van der Waals surface area contributed by atoms with Gasteiger partial charge in [0.15, 0.2) is 0 Å². The van der Waals surface area contributed by atoms with Gasteiger partial charge < -0.3 is 10.5 Å². The number of fused-ring (bicyclic) bond motifs is 1.